The van der Waals surface area contributed by atoms with Crippen LogP contribution in [0.15, 0.2) is 11.6 Å². The van der Waals surface area contributed by atoms with Crippen molar-refractivity contribution in [1.82, 2.24) is 0 Å². The lowest BCUT2D eigenvalue weighted by atomic mass is 9.33. The Labute approximate surface area is 206 Å². The fourth-order valence-corrected chi connectivity index (χ4v) is 10.5. The van der Waals surface area contributed by atoms with E-state index in [1.807, 2.05) is 6.92 Å². The van der Waals surface area contributed by atoms with Gasteiger partial charge in [0.15, 0.2) is 0 Å². The number of carboxylic acid groups (broad SMARTS) is 1. The highest BCUT2D eigenvalue weighted by Crippen LogP contribution is 2.75. The Balaban J connectivity index is 1.60. The van der Waals surface area contributed by atoms with Crippen LogP contribution in [0, 0.1) is 50.2 Å². The summed E-state index contributed by atoms with van der Waals surface area (Å²) in [4.78, 5) is 25.1. The average molecular weight is 471 g/mol. The van der Waals surface area contributed by atoms with Crippen LogP contribution in [-0.4, -0.2) is 28.6 Å². The lowest BCUT2D eigenvalue weighted by Gasteiger charge is -2.70. The summed E-state index contributed by atoms with van der Waals surface area (Å²) in [5.74, 6) is 0.201. The van der Waals surface area contributed by atoms with Gasteiger partial charge in [-0.1, -0.05) is 53.2 Å². The van der Waals surface area contributed by atoms with Crippen LogP contribution in [0.1, 0.15) is 106 Å². The number of fused-ring (bicyclic) bond motifs is 7. The Morgan fingerprint density at radius 2 is 1.62 bits per heavy atom. The first-order valence-electron chi connectivity index (χ1n) is 13.8. The van der Waals surface area contributed by atoms with E-state index >= 15 is 0 Å². The largest absolute Gasteiger partial charge is 0.481 e. The Bertz CT molecular complexity index is 936. The Morgan fingerprint density at radius 3 is 2.26 bits per heavy atom. The molecule has 0 aromatic rings. The zero-order valence-electron chi connectivity index (χ0n) is 22.2. The third-order valence-corrected chi connectivity index (χ3v) is 13.0. The Hall–Kier alpha value is -1.16. The van der Waals surface area contributed by atoms with Crippen LogP contribution in [0.2, 0.25) is 0 Å². The van der Waals surface area contributed by atoms with Crippen molar-refractivity contribution < 1.29 is 19.8 Å². The van der Waals surface area contributed by atoms with Crippen LogP contribution >= 0.6 is 0 Å². The minimum absolute atomic E-state index is 0.00538. The first-order valence-corrected chi connectivity index (χ1v) is 13.8. The molecule has 5 aliphatic carbocycles. The van der Waals surface area contributed by atoms with E-state index in [1.165, 1.54) is 5.57 Å². The summed E-state index contributed by atoms with van der Waals surface area (Å²) < 4.78 is 0. The first-order chi connectivity index (χ1) is 15.7. The quantitative estimate of drug-likeness (QED) is 0.361. The van der Waals surface area contributed by atoms with Crippen LogP contribution in [0.4, 0.5) is 0 Å². The first kappa shape index (κ1) is 24.5. The molecule has 2 N–H and O–H groups in total. The molecule has 4 heteroatoms. The monoisotopic (exact) mass is 470 g/mol. The van der Waals surface area contributed by atoms with Crippen molar-refractivity contribution in [3.63, 3.8) is 0 Å². The summed E-state index contributed by atoms with van der Waals surface area (Å²) in [5.41, 5.74) is 0.446. The number of hydrogen-bond donors (Lipinski definition) is 2. The van der Waals surface area contributed by atoms with Crippen molar-refractivity contribution in [2.45, 2.75) is 112 Å². The molecule has 4 nitrogen and oxygen atoms in total. The van der Waals surface area contributed by atoms with Gasteiger partial charge >= 0.3 is 5.97 Å². The smallest absolute Gasteiger partial charge is 0.310 e. The number of carbonyl (C=O) groups excluding carboxylic acids is 1. The predicted octanol–water partition coefficient (Wildman–Crippen LogP) is 6.41. The summed E-state index contributed by atoms with van der Waals surface area (Å²) >= 11 is 0. The third-order valence-electron chi connectivity index (χ3n) is 13.0. The lowest BCUT2D eigenvalue weighted by molar-refractivity contribution is -0.204. The molecule has 0 aromatic carbocycles. The minimum atomic E-state index is -0.669. The number of carboxylic acids is 1. The molecule has 5 rings (SSSR count). The normalized spacial score (nSPS) is 53.9. The highest BCUT2D eigenvalue weighted by Gasteiger charge is 2.69. The molecule has 0 aromatic heterocycles. The van der Waals surface area contributed by atoms with E-state index in [9.17, 15) is 19.8 Å². The molecule has 0 spiro atoms. The number of aliphatic carboxylic acids is 1. The second-order valence-electron chi connectivity index (χ2n) is 14.7. The predicted molar refractivity (Wildman–Crippen MR) is 133 cm³/mol. The zero-order chi connectivity index (χ0) is 24.9. The number of aliphatic hydroxyl groups excluding tert-OH is 1. The van der Waals surface area contributed by atoms with Crippen molar-refractivity contribution in [1.29, 1.82) is 0 Å². The van der Waals surface area contributed by atoms with Crippen LogP contribution < -0.4 is 0 Å². The number of carbonyl (C=O) groups is 2. The van der Waals surface area contributed by atoms with Crippen LogP contribution in [0.25, 0.3) is 0 Å². The van der Waals surface area contributed by atoms with Gasteiger partial charge in [0, 0.05) is 0 Å². The van der Waals surface area contributed by atoms with Gasteiger partial charge in [-0.2, -0.15) is 0 Å². The summed E-state index contributed by atoms with van der Waals surface area (Å²) in [6.07, 6.45) is 12.1. The molecule has 0 amide bonds. The molecule has 190 valence electrons. The molecular weight excluding hydrogens is 424 g/mol. The lowest BCUT2D eigenvalue weighted by Crippen LogP contribution is -2.65. The molecular formula is C30H46O4. The molecule has 4 fully saturated rings. The van der Waals surface area contributed by atoms with Crippen LogP contribution in [0.3, 0.4) is 0 Å². The van der Waals surface area contributed by atoms with Gasteiger partial charge in [0.1, 0.15) is 6.29 Å². The van der Waals surface area contributed by atoms with Crippen molar-refractivity contribution >= 4 is 12.3 Å². The van der Waals surface area contributed by atoms with Gasteiger partial charge < -0.3 is 15.0 Å². The van der Waals surface area contributed by atoms with Gasteiger partial charge in [-0.05, 0) is 104 Å². The maximum Gasteiger partial charge on any atom is 0.310 e. The van der Waals surface area contributed by atoms with E-state index < -0.39 is 22.9 Å². The number of hydrogen-bond acceptors (Lipinski definition) is 3. The van der Waals surface area contributed by atoms with Gasteiger partial charge in [0.05, 0.1) is 16.9 Å². The topological polar surface area (TPSA) is 74.6 Å². The van der Waals surface area contributed by atoms with E-state index in [1.54, 1.807) is 0 Å². The fraction of sp³-hybridized carbons (Fsp3) is 0.867. The molecule has 0 unspecified atom stereocenters. The fourth-order valence-electron chi connectivity index (χ4n) is 10.5. The summed E-state index contributed by atoms with van der Waals surface area (Å²) in [5, 5.41) is 21.3. The molecule has 34 heavy (non-hydrogen) atoms. The summed E-state index contributed by atoms with van der Waals surface area (Å²) in [6.45, 7) is 14.0. The molecule has 0 saturated heterocycles. The second kappa shape index (κ2) is 7.20. The van der Waals surface area contributed by atoms with Gasteiger partial charge in [-0.25, -0.2) is 0 Å². The van der Waals surface area contributed by atoms with Gasteiger partial charge in [0.2, 0.25) is 0 Å². The Kier molecular flexibility index (Phi) is 5.20. The van der Waals surface area contributed by atoms with E-state index in [0.29, 0.717) is 12.3 Å². The van der Waals surface area contributed by atoms with Crippen molar-refractivity contribution in [2.75, 3.05) is 0 Å². The maximum atomic E-state index is 12.8. The van der Waals surface area contributed by atoms with E-state index in [4.69, 9.17) is 0 Å². The summed E-state index contributed by atoms with van der Waals surface area (Å²) in [7, 11) is 0. The average Bonchev–Trinajstić information content (AvgIpc) is 2.76. The highest BCUT2D eigenvalue weighted by atomic mass is 16.4. The molecule has 5 aliphatic rings. The van der Waals surface area contributed by atoms with E-state index in [2.05, 4.69) is 40.7 Å². The molecule has 0 radical (unpaired) electrons. The van der Waals surface area contributed by atoms with Crippen molar-refractivity contribution in [3.05, 3.63) is 11.6 Å². The molecule has 0 bridgehead atoms. The zero-order valence-corrected chi connectivity index (χ0v) is 22.2. The molecule has 0 aliphatic heterocycles. The number of rotatable bonds is 2. The third kappa shape index (κ3) is 2.81. The standard InChI is InChI=1S/C30H46O4/c1-25(2)13-15-30(24(33)34)16-14-28(5)19(20(30)17-25)7-8-22-26(3)11-10-23(32)27(4,18-31)21(26)9-12-29(22,28)6/h7,18,20-23,32H,8-17H2,1-6H3,(H,33,34)/t20-,21+,22+,23+,26-,27-,28+,29+,30-/m0/s1. The van der Waals surface area contributed by atoms with Crippen LogP contribution in [-0.2, 0) is 9.59 Å². The molecule has 9 atom stereocenters. The van der Waals surface area contributed by atoms with Crippen LogP contribution in [0.5, 0.6) is 0 Å². The highest BCUT2D eigenvalue weighted by molar-refractivity contribution is 5.76. The van der Waals surface area contributed by atoms with Crippen molar-refractivity contribution in [3.8, 4) is 0 Å². The molecule has 4 saturated carbocycles. The van der Waals surface area contributed by atoms with Gasteiger partial charge in [-0.15, -0.1) is 0 Å². The molecule has 0 heterocycles. The van der Waals surface area contributed by atoms with Crippen molar-refractivity contribution in [2.24, 2.45) is 50.2 Å². The second-order valence-corrected chi connectivity index (χ2v) is 14.7. The summed E-state index contributed by atoms with van der Waals surface area (Å²) in [6, 6.07) is 0. The minimum Gasteiger partial charge on any atom is -0.481 e. The number of aliphatic hydroxyl groups is 1. The number of aldehydes is 1. The van der Waals surface area contributed by atoms with Gasteiger partial charge in [-0.3, -0.25) is 4.79 Å². The van der Waals surface area contributed by atoms with Gasteiger partial charge in [0.25, 0.3) is 0 Å². The number of allylic oxidation sites excluding steroid dienone is 2. The Morgan fingerprint density at radius 1 is 0.941 bits per heavy atom. The maximum absolute atomic E-state index is 12.8. The SMILES string of the molecule is CC1(C)CC[C@]2(C(=O)O)CC[C@]3(C)C(=CC[C@@H]4[C@@]5(C)CC[C@@H](O)[C@@](C)(C=O)[C@@H]5CC[C@]43C)[C@@H]2C1. The van der Waals surface area contributed by atoms with E-state index in [-0.39, 0.29) is 33.5 Å². The van der Waals surface area contributed by atoms with E-state index in [0.717, 1.165) is 64.1 Å².